The maximum Gasteiger partial charge on any atom is 0.179 e. The molecule has 2 N–H and O–H groups in total. The molecule has 0 aliphatic heterocycles. The first-order valence-electron chi connectivity index (χ1n) is 8.92. The first-order chi connectivity index (χ1) is 14.0. The number of ether oxygens (including phenoxy) is 1. The summed E-state index contributed by atoms with van der Waals surface area (Å²) in [6.07, 6.45) is 3.72. The highest BCUT2D eigenvalue weighted by atomic mass is 16.5. The van der Waals surface area contributed by atoms with E-state index in [-0.39, 0.29) is 11.5 Å². The lowest BCUT2D eigenvalue weighted by Gasteiger charge is -2.14. The van der Waals surface area contributed by atoms with Gasteiger partial charge in [0.15, 0.2) is 5.65 Å². The van der Waals surface area contributed by atoms with Crippen molar-refractivity contribution in [3.63, 3.8) is 0 Å². The average Bonchev–Trinajstić information content (AvgIpc) is 3.11. The zero-order valence-corrected chi connectivity index (χ0v) is 16.2. The van der Waals surface area contributed by atoms with Crippen molar-refractivity contribution >= 4 is 28.0 Å². The Morgan fingerprint density at radius 1 is 1.21 bits per heavy atom. The van der Waals surface area contributed by atoms with Gasteiger partial charge < -0.3 is 15.3 Å². The Balaban J connectivity index is 1.96. The number of aromatic nitrogens is 6. The standard InChI is InChI=1S/C20H19N7O2/c1-11(21)20(12(2)28)14-8-15-16(9-17(14)29-3)27-18(25-26-19(27)10-22-15)7-13-5-4-6-23-24-13/h4-6,8-10,21,28H,7H2,1-3H3/b20-12+,21-11?. The molecule has 9 heteroatoms. The molecule has 1 aromatic carbocycles. The zero-order chi connectivity index (χ0) is 20.5. The largest absolute Gasteiger partial charge is 0.512 e. The minimum Gasteiger partial charge on any atom is -0.512 e. The van der Waals surface area contributed by atoms with Gasteiger partial charge in [0.05, 0.1) is 42.2 Å². The van der Waals surface area contributed by atoms with Crippen molar-refractivity contribution in [2.24, 2.45) is 0 Å². The number of hydrogen-bond donors (Lipinski definition) is 2. The molecule has 4 aromatic rings. The van der Waals surface area contributed by atoms with Crippen LogP contribution in [-0.2, 0) is 6.42 Å². The molecule has 0 aliphatic carbocycles. The average molecular weight is 389 g/mol. The quantitative estimate of drug-likeness (QED) is 0.397. The Morgan fingerprint density at radius 2 is 2.03 bits per heavy atom. The Hall–Kier alpha value is -3.88. The number of nitrogens with zero attached hydrogens (tertiary/aromatic N) is 6. The summed E-state index contributed by atoms with van der Waals surface area (Å²) in [4.78, 5) is 4.49. The monoisotopic (exact) mass is 389 g/mol. The third-order valence-electron chi connectivity index (χ3n) is 4.58. The number of aliphatic hydroxyl groups excluding tert-OH is 1. The molecule has 29 heavy (non-hydrogen) atoms. The number of allylic oxidation sites excluding steroid dienone is 2. The highest BCUT2D eigenvalue weighted by Crippen LogP contribution is 2.33. The summed E-state index contributed by atoms with van der Waals surface area (Å²) in [6.45, 7) is 3.17. The molecule has 0 fully saturated rings. The van der Waals surface area contributed by atoms with Crippen LogP contribution in [-0.4, -0.2) is 47.7 Å². The Labute approximate surface area is 166 Å². The summed E-state index contributed by atoms with van der Waals surface area (Å²) in [5.74, 6) is 1.25. The predicted octanol–water partition coefficient (Wildman–Crippen LogP) is 3.00. The summed E-state index contributed by atoms with van der Waals surface area (Å²) in [5.41, 5.74) is 4.03. The molecule has 4 rings (SSSR count). The lowest BCUT2D eigenvalue weighted by Crippen LogP contribution is -2.04. The van der Waals surface area contributed by atoms with Crippen LogP contribution in [0.3, 0.4) is 0 Å². The molecule has 0 spiro atoms. The second-order valence-electron chi connectivity index (χ2n) is 6.59. The fourth-order valence-corrected chi connectivity index (χ4v) is 3.38. The van der Waals surface area contributed by atoms with Crippen LogP contribution in [0.1, 0.15) is 30.9 Å². The van der Waals surface area contributed by atoms with Crippen LogP contribution in [0.15, 0.2) is 42.4 Å². The van der Waals surface area contributed by atoms with Crippen LogP contribution in [0.5, 0.6) is 5.75 Å². The third-order valence-corrected chi connectivity index (χ3v) is 4.58. The molecule has 0 atom stereocenters. The van der Waals surface area contributed by atoms with Crippen LogP contribution < -0.4 is 4.74 Å². The van der Waals surface area contributed by atoms with E-state index in [1.807, 2.05) is 22.6 Å². The Kier molecular flexibility index (Phi) is 4.63. The van der Waals surface area contributed by atoms with Crippen LogP contribution >= 0.6 is 0 Å². The van der Waals surface area contributed by atoms with Crippen molar-refractivity contribution in [1.82, 2.24) is 29.8 Å². The second-order valence-corrected chi connectivity index (χ2v) is 6.59. The van der Waals surface area contributed by atoms with Crippen molar-refractivity contribution < 1.29 is 9.84 Å². The topological polar surface area (TPSA) is 122 Å². The van der Waals surface area contributed by atoms with E-state index in [2.05, 4.69) is 25.4 Å². The van der Waals surface area contributed by atoms with Crippen molar-refractivity contribution in [1.29, 1.82) is 5.41 Å². The van der Waals surface area contributed by atoms with Crippen LogP contribution in [0, 0.1) is 5.41 Å². The Morgan fingerprint density at radius 3 is 2.69 bits per heavy atom. The number of methoxy groups -OCH3 is 1. The molecule has 0 aliphatic rings. The molecule has 0 unspecified atom stereocenters. The molecule has 3 heterocycles. The van der Waals surface area contributed by atoms with Crippen molar-refractivity contribution in [2.75, 3.05) is 7.11 Å². The number of hydrogen-bond acceptors (Lipinski definition) is 8. The molecule has 9 nitrogen and oxygen atoms in total. The van der Waals surface area contributed by atoms with Gasteiger partial charge in [-0.15, -0.1) is 10.2 Å². The first kappa shape index (κ1) is 18.5. The van der Waals surface area contributed by atoms with Gasteiger partial charge in [-0.05, 0) is 32.0 Å². The normalized spacial score (nSPS) is 12.2. The lowest BCUT2D eigenvalue weighted by molar-refractivity contribution is 0.409. The van der Waals surface area contributed by atoms with Crippen molar-refractivity contribution in [3.05, 3.63) is 59.5 Å². The first-order valence-corrected chi connectivity index (χ1v) is 8.92. The van der Waals surface area contributed by atoms with Gasteiger partial charge in [-0.2, -0.15) is 10.2 Å². The summed E-state index contributed by atoms with van der Waals surface area (Å²) in [6, 6.07) is 7.32. The molecular formula is C20H19N7O2. The minimum atomic E-state index is 0.0452. The fourth-order valence-electron chi connectivity index (χ4n) is 3.38. The van der Waals surface area contributed by atoms with Gasteiger partial charge in [0.1, 0.15) is 11.6 Å². The molecule has 0 saturated carbocycles. The smallest absolute Gasteiger partial charge is 0.179 e. The van der Waals surface area contributed by atoms with E-state index in [0.29, 0.717) is 40.3 Å². The molecule has 146 valence electrons. The van der Waals surface area contributed by atoms with Gasteiger partial charge in [0.2, 0.25) is 0 Å². The van der Waals surface area contributed by atoms with E-state index in [1.54, 1.807) is 39.4 Å². The number of aliphatic hydroxyl groups is 1. The SMILES string of the molecule is COc1cc2c(cc1/C(C(C)=N)=C(\C)O)ncc1nnc(Cc3cccnn3)n12. The molecule has 0 radical (unpaired) electrons. The second kappa shape index (κ2) is 7.27. The Bertz CT molecular complexity index is 1260. The van der Waals surface area contributed by atoms with Gasteiger partial charge in [0, 0.05) is 29.1 Å². The van der Waals surface area contributed by atoms with E-state index < -0.39 is 0 Å². The molecule has 0 saturated heterocycles. The molecule has 0 bridgehead atoms. The molecule has 3 aromatic heterocycles. The maximum absolute atomic E-state index is 10.1. The molecular weight excluding hydrogens is 370 g/mol. The number of fused-ring (bicyclic) bond motifs is 3. The van der Waals surface area contributed by atoms with Crippen LogP contribution in [0.2, 0.25) is 0 Å². The number of nitrogens with one attached hydrogen (secondary N) is 1. The maximum atomic E-state index is 10.1. The van der Waals surface area contributed by atoms with E-state index in [4.69, 9.17) is 10.1 Å². The zero-order valence-electron chi connectivity index (χ0n) is 16.2. The summed E-state index contributed by atoms with van der Waals surface area (Å²) in [7, 11) is 1.55. The fraction of sp³-hybridized carbons (Fsp3) is 0.200. The summed E-state index contributed by atoms with van der Waals surface area (Å²) >= 11 is 0. The number of benzene rings is 1. The van der Waals surface area contributed by atoms with E-state index >= 15 is 0 Å². The van der Waals surface area contributed by atoms with Crippen molar-refractivity contribution in [2.45, 2.75) is 20.3 Å². The summed E-state index contributed by atoms with van der Waals surface area (Å²) < 4.78 is 7.47. The van der Waals surface area contributed by atoms with Gasteiger partial charge in [-0.25, -0.2) is 0 Å². The predicted molar refractivity (Wildman–Crippen MR) is 108 cm³/mol. The third kappa shape index (κ3) is 3.27. The van der Waals surface area contributed by atoms with Crippen molar-refractivity contribution in [3.8, 4) is 5.75 Å². The highest BCUT2D eigenvalue weighted by Gasteiger charge is 2.18. The number of rotatable bonds is 5. The van der Waals surface area contributed by atoms with Gasteiger partial charge in [-0.1, -0.05) is 0 Å². The van der Waals surface area contributed by atoms with Crippen LogP contribution in [0.25, 0.3) is 22.3 Å². The van der Waals surface area contributed by atoms with Gasteiger partial charge in [0.25, 0.3) is 0 Å². The van der Waals surface area contributed by atoms with Gasteiger partial charge >= 0.3 is 0 Å². The minimum absolute atomic E-state index is 0.0452. The highest BCUT2D eigenvalue weighted by molar-refractivity contribution is 6.22. The summed E-state index contributed by atoms with van der Waals surface area (Å²) in [5, 5.41) is 34.7. The molecule has 0 amide bonds. The van der Waals surface area contributed by atoms with E-state index in [9.17, 15) is 5.11 Å². The van der Waals surface area contributed by atoms with E-state index in [0.717, 1.165) is 11.2 Å². The lowest BCUT2D eigenvalue weighted by atomic mass is 9.99. The van der Waals surface area contributed by atoms with Crippen LogP contribution in [0.4, 0.5) is 0 Å². The van der Waals surface area contributed by atoms with Gasteiger partial charge in [-0.3, -0.25) is 9.38 Å². The van der Waals surface area contributed by atoms with E-state index in [1.165, 1.54) is 0 Å².